The molecule has 0 aliphatic carbocycles. The van der Waals surface area contributed by atoms with Crippen molar-refractivity contribution in [3.8, 4) is 0 Å². The summed E-state index contributed by atoms with van der Waals surface area (Å²) in [4.78, 5) is 0. The van der Waals surface area contributed by atoms with Gasteiger partial charge in [0.1, 0.15) is 0 Å². The highest BCUT2D eigenvalue weighted by Crippen LogP contribution is 2.53. The zero-order valence-electron chi connectivity index (χ0n) is 8.73. The maximum Gasteiger partial charge on any atom is 0.462 e. The van der Waals surface area contributed by atoms with Gasteiger partial charge in [-0.05, 0) is 0 Å². The molecule has 1 fully saturated rings. The van der Waals surface area contributed by atoms with E-state index in [1.165, 1.54) is 0 Å². The Morgan fingerprint density at radius 3 is 1.57 bits per heavy atom. The zero-order valence-corrected chi connectivity index (χ0v) is 9.55. The van der Waals surface area contributed by atoms with E-state index >= 15 is 0 Å². The average Bonchev–Trinajstić information content (AvgIpc) is 2.25. The fourth-order valence-corrected chi connectivity index (χ4v) is 1.63. The molecule has 1 heterocycles. The van der Waals surface area contributed by atoms with Gasteiger partial charge in [-0.3, -0.25) is 0 Å². The second-order valence-electron chi connectivity index (χ2n) is 3.32. The van der Waals surface area contributed by atoms with Crippen LogP contribution in [0.4, 0.5) is 43.9 Å². The van der Waals surface area contributed by atoms with E-state index in [0.29, 0.717) is 0 Å². The maximum absolute atomic E-state index is 13.1. The Morgan fingerprint density at radius 1 is 0.857 bits per heavy atom. The van der Waals surface area contributed by atoms with E-state index in [2.05, 4.69) is 8.37 Å². The average molecular weight is 362 g/mol. The summed E-state index contributed by atoms with van der Waals surface area (Å²) in [5.74, 6) is -7.15. The predicted molar refractivity (Wildman–Crippen MR) is 36.9 cm³/mol. The van der Waals surface area contributed by atoms with Crippen LogP contribution in [0, 0.1) is 0 Å². The highest BCUT2D eigenvalue weighted by molar-refractivity contribution is 7.82. The van der Waals surface area contributed by atoms with Crippen LogP contribution in [0.25, 0.3) is 0 Å². The summed E-state index contributed by atoms with van der Waals surface area (Å²) in [7, 11) is -6.02. The van der Waals surface area contributed by atoms with Crippen LogP contribution in [0.1, 0.15) is 0 Å². The van der Waals surface area contributed by atoms with Crippen LogP contribution < -0.4 is 0 Å². The number of ether oxygens (including phenoxy) is 1. The van der Waals surface area contributed by atoms with Gasteiger partial charge in [0.2, 0.25) is 0 Å². The number of rotatable bonds is 3. The molecule has 0 amide bonds. The van der Waals surface area contributed by atoms with Crippen LogP contribution >= 0.6 is 0 Å². The van der Waals surface area contributed by atoms with Crippen LogP contribution in [0.15, 0.2) is 0 Å². The van der Waals surface area contributed by atoms with Crippen molar-refractivity contribution in [3.63, 3.8) is 0 Å². The monoisotopic (exact) mass is 362 g/mol. The van der Waals surface area contributed by atoms with Crippen molar-refractivity contribution in [2.24, 2.45) is 0 Å². The van der Waals surface area contributed by atoms with Crippen molar-refractivity contribution in [1.82, 2.24) is 0 Å². The number of hydrogen-bond donors (Lipinski definition) is 0. The van der Waals surface area contributed by atoms with Gasteiger partial charge < -0.3 is 0 Å². The molecular weight excluding hydrogens is 362 g/mol. The molecule has 0 spiro atoms. The highest BCUT2D eigenvalue weighted by Gasteiger charge is 2.81. The quantitative estimate of drug-likeness (QED) is 0.721. The molecular formula is C5F10O5S. The van der Waals surface area contributed by atoms with Crippen LogP contribution in [0.3, 0.4) is 0 Å². The van der Waals surface area contributed by atoms with Crippen LogP contribution in [0.5, 0.6) is 0 Å². The van der Waals surface area contributed by atoms with Gasteiger partial charge in [-0.25, -0.2) is 4.74 Å². The minimum atomic E-state index is -7.15. The summed E-state index contributed by atoms with van der Waals surface area (Å²) in [6.45, 7) is 0. The number of halogens is 10. The van der Waals surface area contributed by atoms with Crippen molar-refractivity contribution in [2.75, 3.05) is 0 Å². The SMILES string of the molecule is O=S1(=O)OC(F)(F)C(F)(OC(F)(F)C(F)(F)C(F)(F)F)O1. The lowest BCUT2D eigenvalue weighted by molar-refractivity contribution is -0.511. The van der Waals surface area contributed by atoms with Crippen molar-refractivity contribution >= 4 is 10.4 Å². The van der Waals surface area contributed by atoms with Crippen LogP contribution in [0.2, 0.25) is 0 Å². The van der Waals surface area contributed by atoms with Gasteiger partial charge in [-0.1, -0.05) is 0 Å². The fourth-order valence-electron chi connectivity index (χ4n) is 0.845. The molecule has 1 rings (SSSR count). The van der Waals surface area contributed by atoms with Crippen molar-refractivity contribution < 1.29 is 65.4 Å². The van der Waals surface area contributed by atoms with Crippen molar-refractivity contribution in [1.29, 1.82) is 0 Å². The Kier molecular flexibility index (Phi) is 3.74. The lowest BCUT2D eigenvalue weighted by atomic mass is 10.3. The topological polar surface area (TPSA) is 61.8 Å². The van der Waals surface area contributed by atoms with Crippen molar-refractivity contribution in [3.05, 3.63) is 0 Å². The molecule has 21 heavy (non-hydrogen) atoms. The summed E-state index contributed by atoms with van der Waals surface area (Å²) < 4.78 is 151. The minimum Gasteiger partial charge on any atom is -0.246 e. The molecule has 16 heteroatoms. The molecule has 0 radical (unpaired) electrons. The zero-order chi connectivity index (χ0) is 17.1. The third-order valence-electron chi connectivity index (χ3n) is 1.74. The Morgan fingerprint density at radius 2 is 1.29 bits per heavy atom. The summed E-state index contributed by atoms with van der Waals surface area (Å²) >= 11 is 0. The molecule has 126 valence electrons. The first-order chi connectivity index (χ1) is 8.87. The Bertz CT molecular complexity index is 524. The first-order valence-electron chi connectivity index (χ1n) is 4.12. The molecule has 0 bridgehead atoms. The predicted octanol–water partition coefficient (Wildman–Crippen LogP) is 2.30. The van der Waals surface area contributed by atoms with Gasteiger partial charge in [-0.2, -0.15) is 60.7 Å². The lowest BCUT2D eigenvalue weighted by Gasteiger charge is -2.31. The normalized spacial score (nSPS) is 29.6. The van der Waals surface area contributed by atoms with Gasteiger partial charge in [0, 0.05) is 0 Å². The molecule has 0 aromatic rings. The standard InChI is InChI=1S/C5F10O5S/c6-1(7,2(8,9)10)3(11,12)18-5(15)4(13,14)19-21(16,17)20-5. The van der Waals surface area contributed by atoms with E-state index in [9.17, 15) is 52.3 Å². The first-order valence-corrected chi connectivity index (χ1v) is 5.46. The lowest BCUT2D eigenvalue weighted by Crippen LogP contribution is -2.59. The molecule has 0 saturated carbocycles. The molecule has 1 aliphatic heterocycles. The maximum atomic E-state index is 13.1. The van der Waals surface area contributed by atoms with E-state index in [1.807, 2.05) is 4.74 Å². The molecule has 0 aromatic heterocycles. The largest absolute Gasteiger partial charge is 0.462 e. The molecule has 1 saturated heterocycles. The Labute approximate surface area is 107 Å². The van der Waals surface area contributed by atoms with E-state index in [1.54, 1.807) is 0 Å². The minimum absolute atomic E-state index is 1.98. The first kappa shape index (κ1) is 18.2. The molecule has 5 nitrogen and oxygen atoms in total. The summed E-state index contributed by atoms with van der Waals surface area (Å²) in [6.07, 6.45) is -19.9. The van der Waals surface area contributed by atoms with Gasteiger partial charge in [0.25, 0.3) is 0 Å². The van der Waals surface area contributed by atoms with Gasteiger partial charge in [0.15, 0.2) is 0 Å². The van der Waals surface area contributed by atoms with Crippen molar-refractivity contribution in [2.45, 2.75) is 30.4 Å². The Hall–Kier alpha value is -0.870. The van der Waals surface area contributed by atoms with E-state index in [-0.39, 0.29) is 0 Å². The van der Waals surface area contributed by atoms with E-state index in [0.717, 1.165) is 0 Å². The second kappa shape index (κ2) is 4.32. The second-order valence-corrected chi connectivity index (χ2v) is 4.47. The molecule has 0 N–H and O–H groups in total. The molecule has 1 aliphatic rings. The smallest absolute Gasteiger partial charge is 0.246 e. The molecule has 0 aromatic carbocycles. The summed E-state index contributed by atoms with van der Waals surface area (Å²) in [5, 5.41) is 0. The highest BCUT2D eigenvalue weighted by atomic mass is 32.3. The summed E-state index contributed by atoms with van der Waals surface area (Å²) in [5.41, 5.74) is 0. The van der Waals surface area contributed by atoms with Gasteiger partial charge >= 0.3 is 40.8 Å². The van der Waals surface area contributed by atoms with E-state index < -0.39 is 40.8 Å². The molecule has 1 unspecified atom stereocenters. The Balaban J connectivity index is 3.21. The van der Waals surface area contributed by atoms with Gasteiger partial charge in [0.05, 0.1) is 0 Å². The van der Waals surface area contributed by atoms with Crippen LogP contribution in [-0.2, 0) is 23.5 Å². The fraction of sp³-hybridized carbons (Fsp3) is 1.00. The third-order valence-corrected chi connectivity index (χ3v) is 2.58. The van der Waals surface area contributed by atoms with Crippen LogP contribution in [-0.4, -0.2) is 38.8 Å². The third kappa shape index (κ3) is 2.88. The number of hydrogen-bond acceptors (Lipinski definition) is 5. The molecule has 1 atom stereocenters. The van der Waals surface area contributed by atoms with Gasteiger partial charge in [-0.15, -0.1) is 0 Å². The summed E-state index contributed by atoms with van der Waals surface area (Å²) in [6, 6.07) is -5.94. The van der Waals surface area contributed by atoms with E-state index in [4.69, 9.17) is 0 Å². The number of alkyl halides is 10.